The van der Waals surface area contributed by atoms with Crippen LogP contribution in [0.4, 0.5) is 5.69 Å². The third kappa shape index (κ3) is 3.41. The number of rotatable bonds is 4. The van der Waals surface area contributed by atoms with Gasteiger partial charge in [0.05, 0.1) is 10.6 Å². The van der Waals surface area contributed by atoms with Gasteiger partial charge < -0.3 is 5.11 Å². The standard InChI is InChI=1S/C20H20N2O3S/c1-14-7-9-17(10-8-14)26(24,25)21-18-13-19(20(23)16(3)15(18)2)22-11-5-4-6-12-22/h4-13,21H,1-3H3/p+1. The summed E-state index contributed by atoms with van der Waals surface area (Å²) >= 11 is 0. The highest BCUT2D eigenvalue weighted by molar-refractivity contribution is 7.92. The number of anilines is 1. The average molecular weight is 369 g/mol. The molecular formula is C20H21N2O3S+. The monoisotopic (exact) mass is 369 g/mol. The minimum Gasteiger partial charge on any atom is -0.502 e. The first kappa shape index (κ1) is 17.9. The number of pyridine rings is 1. The molecule has 0 aliphatic heterocycles. The average Bonchev–Trinajstić information content (AvgIpc) is 2.63. The van der Waals surface area contributed by atoms with E-state index in [9.17, 15) is 13.5 Å². The highest BCUT2D eigenvalue weighted by Gasteiger charge is 2.22. The molecule has 2 aromatic carbocycles. The quantitative estimate of drug-likeness (QED) is 0.547. The molecule has 6 heteroatoms. The van der Waals surface area contributed by atoms with Crippen LogP contribution < -0.4 is 9.29 Å². The lowest BCUT2D eigenvalue weighted by Gasteiger charge is -2.14. The van der Waals surface area contributed by atoms with E-state index in [1.54, 1.807) is 61.1 Å². The number of hydrogen-bond acceptors (Lipinski definition) is 3. The van der Waals surface area contributed by atoms with E-state index in [-0.39, 0.29) is 10.6 Å². The largest absolute Gasteiger partial charge is 0.502 e. The van der Waals surface area contributed by atoms with Gasteiger partial charge in [-0.25, -0.2) is 8.42 Å². The fraction of sp³-hybridized carbons (Fsp3) is 0.150. The van der Waals surface area contributed by atoms with Gasteiger partial charge in [0.2, 0.25) is 0 Å². The van der Waals surface area contributed by atoms with Gasteiger partial charge in [-0.1, -0.05) is 23.8 Å². The van der Waals surface area contributed by atoms with Crippen LogP contribution in [0, 0.1) is 20.8 Å². The summed E-state index contributed by atoms with van der Waals surface area (Å²) in [7, 11) is -3.72. The number of nitrogens with zero attached hydrogens (tertiary/aromatic N) is 1. The summed E-state index contributed by atoms with van der Waals surface area (Å²) in [5.74, 6) is 0.122. The molecule has 0 spiro atoms. The first-order valence-corrected chi connectivity index (χ1v) is 9.67. The Morgan fingerprint density at radius 1 is 0.923 bits per heavy atom. The van der Waals surface area contributed by atoms with Crippen LogP contribution in [0.15, 0.2) is 65.8 Å². The Bertz CT molecular complexity index is 1040. The molecule has 1 heterocycles. The lowest BCUT2D eigenvalue weighted by atomic mass is 10.1. The van der Waals surface area contributed by atoms with Crippen molar-refractivity contribution < 1.29 is 18.1 Å². The first-order valence-electron chi connectivity index (χ1n) is 8.19. The topological polar surface area (TPSA) is 70.3 Å². The third-order valence-electron chi connectivity index (χ3n) is 4.41. The van der Waals surface area contributed by atoms with Gasteiger partial charge in [0, 0.05) is 23.8 Å². The van der Waals surface area contributed by atoms with Crippen LogP contribution >= 0.6 is 0 Å². The Morgan fingerprint density at radius 3 is 2.15 bits per heavy atom. The van der Waals surface area contributed by atoms with Gasteiger partial charge in [0.1, 0.15) is 0 Å². The zero-order valence-electron chi connectivity index (χ0n) is 14.9. The summed E-state index contributed by atoms with van der Waals surface area (Å²) in [5, 5.41) is 10.5. The van der Waals surface area contributed by atoms with Crippen molar-refractivity contribution in [3.63, 3.8) is 0 Å². The van der Waals surface area contributed by atoms with Gasteiger partial charge in [0.15, 0.2) is 18.1 Å². The molecule has 1 aromatic heterocycles. The molecule has 0 amide bonds. The summed E-state index contributed by atoms with van der Waals surface area (Å²) in [6.45, 7) is 5.45. The Morgan fingerprint density at radius 2 is 1.54 bits per heavy atom. The van der Waals surface area contributed by atoms with Crippen molar-refractivity contribution >= 4 is 15.7 Å². The summed E-state index contributed by atoms with van der Waals surface area (Å²) < 4.78 is 29.8. The number of sulfonamides is 1. The van der Waals surface area contributed by atoms with E-state index in [2.05, 4.69) is 4.72 Å². The number of phenols is 1. The molecule has 0 unspecified atom stereocenters. The first-order chi connectivity index (χ1) is 12.3. The second-order valence-corrected chi connectivity index (χ2v) is 7.93. The fourth-order valence-corrected chi connectivity index (χ4v) is 3.78. The molecule has 3 aromatic rings. The van der Waals surface area contributed by atoms with E-state index in [0.29, 0.717) is 22.5 Å². The maximum Gasteiger partial charge on any atom is 0.261 e. The van der Waals surface area contributed by atoms with E-state index in [1.807, 2.05) is 25.1 Å². The fourth-order valence-electron chi connectivity index (χ4n) is 2.67. The lowest BCUT2D eigenvalue weighted by Crippen LogP contribution is -2.29. The molecule has 0 radical (unpaired) electrons. The number of phenolic OH excluding ortho intramolecular Hbond substituents is 1. The number of benzene rings is 2. The summed E-state index contributed by atoms with van der Waals surface area (Å²) in [5.41, 5.74) is 3.24. The van der Waals surface area contributed by atoms with Gasteiger partial charge >= 0.3 is 0 Å². The molecule has 0 aliphatic rings. The molecule has 0 fully saturated rings. The number of aryl methyl sites for hydroxylation is 1. The van der Waals surface area contributed by atoms with Crippen LogP contribution in [0.3, 0.4) is 0 Å². The van der Waals surface area contributed by atoms with Gasteiger partial charge in [0.25, 0.3) is 15.7 Å². The number of aromatic hydroxyl groups is 1. The SMILES string of the molecule is Cc1ccc(S(=O)(=O)Nc2cc(-[n+]3ccccc3)c(O)c(C)c2C)cc1. The molecule has 26 heavy (non-hydrogen) atoms. The maximum atomic E-state index is 12.7. The lowest BCUT2D eigenvalue weighted by molar-refractivity contribution is -0.596. The summed E-state index contributed by atoms with van der Waals surface area (Å²) in [6, 6.07) is 13.9. The van der Waals surface area contributed by atoms with Crippen LogP contribution in [0.1, 0.15) is 16.7 Å². The Hall–Kier alpha value is -2.86. The van der Waals surface area contributed by atoms with Crippen molar-refractivity contribution in [1.29, 1.82) is 0 Å². The Kier molecular flexibility index (Phi) is 4.70. The molecule has 0 atom stereocenters. The molecule has 0 saturated heterocycles. The maximum absolute atomic E-state index is 12.7. The zero-order valence-corrected chi connectivity index (χ0v) is 15.7. The van der Waals surface area contributed by atoms with Crippen LogP contribution in [-0.4, -0.2) is 13.5 Å². The predicted molar refractivity (Wildman–Crippen MR) is 101 cm³/mol. The second-order valence-electron chi connectivity index (χ2n) is 6.24. The molecular weight excluding hydrogens is 348 g/mol. The minimum absolute atomic E-state index is 0.122. The molecule has 0 bridgehead atoms. The van der Waals surface area contributed by atoms with Crippen molar-refractivity contribution in [3.05, 3.63) is 77.6 Å². The third-order valence-corrected chi connectivity index (χ3v) is 5.80. The normalized spacial score (nSPS) is 11.3. The highest BCUT2D eigenvalue weighted by Crippen LogP contribution is 2.32. The van der Waals surface area contributed by atoms with Gasteiger partial charge in [-0.3, -0.25) is 4.72 Å². The highest BCUT2D eigenvalue weighted by atomic mass is 32.2. The molecule has 3 rings (SSSR count). The van der Waals surface area contributed by atoms with E-state index in [0.717, 1.165) is 5.56 Å². The predicted octanol–water partition coefficient (Wildman–Crippen LogP) is 3.39. The van der Waals surface area contributed by atoms with Crippen molar-refractivity contribution in [3.8, 4) is 11.4 Å². The number of hydrogen-bond donors (Lipinski definition) is 2. The smallest absolute Gasteiger partial charge is 0.261 e. The minimum atomic E-state index is -3.72. The van der Waals surface area contributed by atoms with Crippen molar-refractivity contribution in [1.82, 2.24) is 0 Å². The Balaban J connectivity index is 2.08. The van der Waals surface area contributed by atoms with Gasteiger partial charge in [-0.05, 0) is 38.5 Å². The van der Waals surface area contributed by atoms with Gasteiger partial charge in [-0.15, -0.1) is 0 Å². The number of nitrogens with one attached hydrogen (secondary N) is 1. The van der Waals surface area contributed by atoms with Crippen molar-refractivity contribution in [2.75, 3.05) is 4.72 Å². The van der Waals surface area contributed by atoms with E-state index in [1.165, 1.54) is 0 Å². The van der Waals surface area contributed by atoms with E-state index < -0.39 is 10.0 Å². The van der Waals surface area contributed by atoms with Crippen LogP contribution in [0.25, 0.3) is 5.69 Å². The van der Waals surface area contributed by atoms with Crippen molar-refractivity contribution in [2.45, 2.75) is 25.7 Å². The van der Waals surface area contributed by atoms with Crippen LogP contribution in [0.2, 0.25) is 0 Å². The molecule has 0 saturated carbocycles. The molecule has 134 valence electrons. The molecule has 0 aliphatic carbocycles. The summed E-state index contributed by atoms with van der Waals surface area (Å²) in [4.78, 5) is 0.196. The second kappa shape index (κ2) is 6.80. The van der Waals surface area contributed by atoms with E-state index in [4.69, 9.17) is 0 Å². The Labute approximate surface area is 153 Å². The van der Waals surface area contributed by atoms with Crippen molar-refractivity contribution in [2.24, 2.45) is 0 Å². The van der Waals surface area contributed by atoms with E-state index >= 15 is 0 Å². The van der Waals surface area contributed by atoms with Crippen LogP contribution in [-0.2, 0) is 10.0 Å². The zero-order chi connectivity index (χ0) is 18.9. The summed E-state index contributed by atoms with van der Waals surface area (Å²) in [6.07, 6.45) is 3.59. The molecule has 5 nitrogen and oxygen atoms in total. The van der Waals surface area contributed by atoms with Crippen LogP contribution in [0.5, 0.6) is 5.75 Å². The number of aromatic nitrogens is 1. The van der Waals surface area contributed by atoms with Gasteiger partial charge in [-0.2, -0.15) is 4.57 Å². The molecule has 2 N–H and O–H groups in total.